The Bertz CT molecular complexity index is 182. The molecule has 0 aliphatic carbocycles. The van der Waals surface area contributed by atoms with Gasteiger partial charge in [0, 0.05) is 6.08 Å². The molecule has 0 radical (unpaired) electrons. The number of rotatable bonds is 3. The maximum absolute atomic E-state index is 10.7. The Morgan fingerprint density at radius 1 is 1.64 bits per heavy atom. The molecule has 1 aliphatic rings. The molecule has 0 aromatic rings. The molecule has 0 N–H and O–H groups in total. The molecule has 0 aromatic carbocycles. The number of ether oxygens (including phenoxy) is 1. The van der Waals surface area contributed by atoms with Gasteiger partial charge in [-0.1, -0.05) is 13.3 Å². The summed E-state index contributed by atoms with van der Waals surface area (Å²) in [7, 11) is 0. The fraction of sp³-hybridized carbons (Fsp3) is 0.667. The summed E-state index contributed by atoms with van der Waals surface area (Å²) in [6.45, 7) is 4.08. The van der Waals surface area contributed by atoms with E-state index in [0.29, 0.717) is 0 Å². The van der Waals surface area contributed by atoms with Crippen LogP contribution in [0, 0.1) is 0 Å². The van der Waals surface area contributed by atoms with E-state index in [1.54, 1.807) is 6.08 Å². The molecule has 0 saturated carbocycles. The second-order valence-electron chi connectivity index (χ2n) is 2.96. The summed E-state index contributed by atoms with van der Waals surface area (Å²) in [5.74, 6) is -0.177. The van der Waals surface area contributed by atoms with Gasteiger partial charge in [-0.25, -0.2) is 4.79 Å². The van der Waals surface area contributed by atoms with Gasteiger partial charge >= 0.3 is 5.97 Å². The van der Waals surface area contributed by atoms with E-state index in [1.165, 1.54) is 0 Å². The van der Waals surface area contributed by atoms with Crippen LogP contribution in [0.2, 0.25) is 0 Å². The van der Waals surface area contributed by atoms with Gasteiger partial charge in [-0.2, -0.15) is 0 Å². The molecule has 0 fully saturated rings. The second-order valence-corrected chi connectivity index (χ2v) is 2.96. The first-order chi connectivity index (χ1) is 5.24. The minimum Gasteiger partial charge on any atom is -0.455 e. The molecule has 0 unspecified atom stereocenters. The van der Waals surface area contributed by atoms with Crippen molar-refractivity contribution in [1.29, 1.82) is 0 Å². The molecule has 0 amide bonds. The number of esters is 1. The highest BCUT2D eigenvalue weighted by molar-refractivity contribution is 5.85. The highest BCUT2D eigenvalue weighted by Crippen LogP contribution is 2.19. The van der Waals surface area contributed by atoms with E-state index in [-0.39, 0.29) is 12.1 Å². The van der Waals surface area contributed by atoms with E-state index in [2.05, 4.69) is 6.92 Å². The largest absolute Gasteiger partial charge is 0.455 e. The minimum absolute atomic E-state index is 0.0717. The van der Waals surface area contributed by atoms with Gasteiger partial charge in [0.15, 0.2) is 0 Å². The molecule has 1 atom stereocenters. The van der Waals surface area contributed by atoms with Crippen molar-refractivity contribution in [2.24, 2.45) is 0 Å². The third-order valence-electron chi connectivity index (χ3n) is 1.93. The zero-order chi connectivity index (χ0) is 8.27. The summed E-state index contributed by atoms with van der Waals surface area (Å²) in [6, 6.07) is 0. The fourth-order valence-electron chi connectivity index (χ4n) is 1.22. The standard InChI is InChI=1S/C9H14O2/c1-3-4-5-8-7(2)6-9(10)11-8/h6,8H,3-5H2,1-2H3/t8-/m0/s1. The first-order valence-corrected chi connectivity index (χ1v) is 4.13. The van der Waals surface area contributed by atoms with Crippen LogP contribution in [0.4, 0.5) is 0 Å². The summed E-state index contributed by atoms with van der Waals surface area (Å²) >= 11 is 0. The van der Waals surface area contributed by atoms with Crippen LogP contribution < -0.4 is 0 Å². The van der Waals surface area contributed by atoms with E-state index >= 15 is 0 Å². The van der Waals surface area contributed by atoms with Crippen LogP contribution in [0.1, 0.15) is 33.1 Å². The predicted molar refractivity (Wildman–Crippen MR) is 43.2 cm³/mol. The maximum Gasteiger partial charge on any atom is 0.331 e. The van der Waals surface area contributed by atoms with Gasteiger partial charge in [0.25, 0.3) is 0 Å². The van der Waals surface area contributed by atoms with Gasteiger partial charge in [0.05, 0.1) is 0 Å². The van der Waals surface area contributed by atoms with Gasteiger partial charge in [-0.05, 0) is 25.3 Å². The first kappa shape index (κ1) is 8.31. The lowest BCUT2D eigenvalue weighted by molar-refractivity contribution is -0.139. The third-order valence-corrected chi connectivity index (χ3v) is 1.93. The molecule has 0 spiro atoms. The molecule has 62 valence electrons. The summed E-state index contributed by atoms with van der Waals surface area (Å²) in [4.78, 5) is 10.7. The van der Waals surface area contributed by atoms with Crippen LogP contribution in [-0.4, -0.2) is 12.1 Å². The van der Waals surface area contributed by atoms with Crippen LogP contribution >= 0.6 is 0 Å². The van der Waals surface area contributed by atoms with Gasteiger partial charge in [0.2, 0.25) is 0 Å². The van der Waals surface area contributed by atoms with Crippen molar-refractivity contribution in [1.82, 2.24) is 0 Å². The fourth-order valence-corrected chi connectivity index (χ4v) is 1.22. The van der Waals surface area contributed by atoms with Crippen molar-refractivity contribution in [3.8, 4) is 0 Å². The highest BCUT2D eigenvalue weighted by atomic mass is 16.5. The van der Waals surface area contributed by atoms with Crippen LogP contribution in [0.25, 0.3) is 0 Å². The molecular weight excluding hydrogens is 140 g/mol. The molecule has 1 aliphatic heterocycles. The summed E-state index contributed by atoms with van der Waals surface area (Å²) in [6.07, 6.45) is 4.91. The molecule has 1 rings (SSSR count). The number of cyclic esters (lactones) is 1. The van der Waals surface area contributed by atoms with E-state index < -0.39 is 0 Å². The Labute approximate surface area is 67.2 Å². The van der Waals surface area contributed by atoms with Gasteiger partial charge in [-0.15, -0.1) is 0 Å². The second kappa shape index (κ2) is 3.56. The molecule has 0 saturated heterocycles. The number of carbonyl (C=O) groups excluding carboxylic acids is 1. The van der Waals surface area contributed by atoms with Crippen molar-refractivity contribution >= 4 is 5.97 Å². The smallest absolute Gasteiger partial charge is 0.331 e. The summed E-state index contributed by atoms with van der Waals surface area (Å²) < 4.78 is 5.04. The lowest BCUT2D eigenvalue weighted by atomic mass is 10.1. The van der Waals surface area contributed by atoms with Crippen LogP contribution in [0.5, 0.6) is 0 Å². The maximum atomic E-state index is 10.7. The van der Waals surface area contributed by atoms with Crippen LogP contribution in [0.15, 0.2) is 11.6 Å². The van der Waals surface area contributed by atoms with E-state index in [1.807, 2.05) is 6.92 Å². The van der Waals surface area contributed by atoms with Crippen molar-refractivity contribution < 1.29 is 9.53 Å². The monoisotopic (exact) mass is 154 g/mol. The quantitative estimate of drug-likeness (QED) is 0.581. The number of hydrogen-bond donors (Lipinski definition) is 0. The normalized spacial score (nSPS) is 23.3. The highest BCUT2D eigenvalue weighted by Gasteiger charge is 2.21. The van der Waals surface area contributed by atoms with Crippen LogP contribution in [-0.2, 0) is 9.53 Å². The predicted octanol–water partition coefficient (Wildman–Crippen LogP) is 2.05. The minimum atomic E-state index is -0.177. The van der Waals surface area contributed by atoms with Crippen molar-refractivity contribution in [2.75, 3.05) is 0 Å². The lowest BCUT2D eigenvalue weighted by Gasteiger charge is -2.09. The SMILES string of the molecule is CCCC[C@@H]1OC(=O)C=C1C. The number of unbranched alkanes of at least 4 members (excludes halogenated alkanes) is 1. The Hall–Kier alpha value is -0.790. The molecule has 0 aromatic heterocycles. The van der Waals surface area contributed by atoms with Crippen molar-refractivity contribution in [2.45, 2.75) is 39.2 Å². The Balaban J connectivity index is 2.38. The van der Waals surface area contributed by atoms with Crippen molar-refractivity contribution in [3.63, 3.8) is 0 Å². The van der Waals surface area contributed by atoms with Gasteiger partial charge in [0.1, 0.15) is 6.10 Å². The van der Waals surface area contributed by atoms with E-state index in [4.69, 9.17) is 4.74 Å². The van der Waals surface area contributed by atoms with Gasteiger partial charge in [-0.3, -0.25) is 0 Å². The molecule has 2 heteroatoms. The van der Waals surface area contributed by atoms with Crippen LogP contribution in [0.3, 0.4) is 0 Å². The van der Waals surface area contributed by atoms with E-state index in [0.717, 1.165) is 24.8 Å². The average Bonchev–Trinajstić information content (AvgIpc) is 2.26. The topological polar surface area (TPSA) is 26.3 Å². The summed E-state index contributed by atoms with van der Waals surface area (Å²) in [5.41, 5.74) is 1.07. The average molecular weight is 154 g/mol. The number of hydrogen-bond acceptors (Lipinski definition) is 2. The zero-order valence-corrected chi connectivity index (χ0v) is 7.09. The molecular formula is C9H14O2. The Morgan fingerprint density at radius 2 is 2.36 bits per heavy atom. The summed E-state index contributed by atoms with van der Waals surface area (Å²) in [5, 5.41) is 0. The lowest BCUT2D eigenvalue weighted by Crippen LogP contribution is -2.09. The van der Waals surface area contributed by atoms with Crippen molar-refractivity contribution in [3.05, 3.63) is 11.6 Å². The number of carbonyl (C=O) groups is 1. The molecule has 1 heterocycles. The molecule has 0 bridgehead atoms. The Kier molecular flexibility index (Phi) is 2.69. The zero-order valence-electron chi connectivity index (χ0n) is 7.09. The first-order valence-electron chi connectivity index (χ1n) is 4.13. The Morgan fingerprint density at radius 3 is 2.82 bits per heavy atom. The van der Waals surface area contributed by atoms with Gasteiger partial charge < -0.3 is 4.74 Å². The third kappa shape index (κ3) is 2.07. The molecule has 11 heavy (non-hydrogen) atoms. The van der Waals surface area contributed by atoms with E-state index in [9.17, 15) is 4.79 Å². The molecule has 2 nitrogen and oxygen atoms in total.